The second-order valence-corrected chi connectivity index (χ2v) is 9.60. The van der Waals surface area contributed by atoms with Crippen molar-refractivity contribution >= 4 is 44.7 Å². The number of nitrogens with zero attached hydrogens (tertiary/aromatic N) is 2. The van der Waals surface area contributed by atoms with Gasteiger partial charge >= 0.3 is 0 Å². The van der Waals surface area contributed by atoms with Gasteiger partial charge in [-0.1, -0.05) is 60.7 Å². The fourth-order valence-electron chi connectivity index (χ4n) is 5.63. The van der Waals surface area contributed by atoms with Crippen molar-refractivity contribution in [1.82, 2.24) is 0 Å². The van der Waals surface area contributed by atoms with Gasteiger partial charge in [0.1, 0.15) is 11.2 Å². The zero-order chi connectivity index (χ0) is 22.9. The molecule has 3 heteroatoms. The summed E-state index contributed by atoms with van der Waals surface area (Å²) in [6.45, 7) is 11.2. The van der Waals surface area contributed by atoms with E-state index in [1.807, 2.05) is 6.07 Å². The lowest BCUT2D eigenvalue weighted by Gasteiger charge is -2.42. The van der Waals surface area contributed by atoms with Crippen LogP contribution in [-0.2, 0) is 0 Å². The Kier molecular flexibility index (Phi) is 4.16. The van der Waals surface area contributed by atoms with E-state index in [2.05, 4.69) is 117 Å². The fourth-order valence-corrected chi connectivity index (χ4v) is 5.63. The van der Waals surface area contributed by atoms with Gasteiger partial charge < -0.3 is 14.2 Å². The van der Waals surface area contributed by atoms with Gasteiger partial charge in [0.05, 0.1) is 17.1 Å². The maximum absolute atomic E-state index is 6.51. The first kappa shape index (κ1) is 19.9. The Morgan fingerprint density at radius 3 is 1.85 bits per heavy atom. The van der Waals surface area contributed by atoms with Crippen LogP contribution in [0.4, 0.5) is 22.7 Å². The highest BCUT2D eigenvalue weighted by atomic mass is 16.3. The molecule has 0 N–H and O–H groups in total. The van der Waals surface area contributed by atoms with Gasteiger partial charge in [-0.3, -0.25) is 0 Å². The van der Waals surface area contributed by atoms with Crippen molar-refractivity contribution in [3.8, 4) is 0 Å². The molecule has 0 spiro atoms. The number of rotatable bonds is 2. The molecule has 0 fully saturated rings. The second-order valence-electron chi connectivity index (χ2n) is 9.60. The highest BCUT2D eigenvalue weighted by Crippen LogP contribution is 2.55. The molecule has 1 aromatic heterocycles. The standard InChI is InChI=1S/C30H28N2O/c1-19-11-10-12-20(2)27(19)31-24-14-7-8-15-25(24)32(30(31,4)5)28-21(3)17-18-23-22-13-6-9-16-26(22)33-29(23)28/h6-18H,1-5H3. The van der Waals surface area contributed by atoms with Gasteiger partial charge in [-0.05, 0) is 69.5 Å². The molecule has 0 radical (unpaired) electrons. The van der Waals surface area contributed by atoms with Crippen LogP contribution in [0.25, 0.3) is 21.9 Å². The molecule has 5 aromatic rings. The van der Waals surface area contributed by atoms with Crippen LogP contribution in [0.1, 0.15) is 30.5 Å². The maximum Gasteiger partial charge on any atom is 0.159 e. The van der Waals surface area contributed by atoms with E-state index in [-0.39, 0.29) is 5.66 Å². The Bertz CT molecular complexity index is 1520. The number of benzene rings is 4. The van der Waals surface area contributed by atoms with Gasteiger partial charge in [0, 0.05) is 16.5 Å². The molecule has 0 aliphatic carbocycles. The molecule has 0 saturated carbocycles. The SMILES string of the molecule is Cc1cccc(C)c1N1c2ccccc2N(c2c(C)ccc3c2oc2ccccc23)C1(C)C. The molecule has 0 amide bonds. The number of para-hydroxylation sites is 4. The van der Waals surface area contributed by atoms with E-state index in [0.717, 1.165) is 27.6 Å². The summed E-state index contributed by atoms with van der Waals surface area (Å²) in [6.07, 6.45) is 0. The number of aryl methyl sites for hydroxylation is 3. The van der Waals surface area contributed by atoms with Crippen LogP contribution in [0.15, 0.2) is 83.3 Å². The largest absolute Gasteiger partial charge is 0.454 e. The van der Waals surface area contributed by atoms with Gasteiger partial charge in [0.15, 0.2) is 5.58 Å². The number of furan rings is 1. The van der Waals surface area contributed by atoms with E-state index < -0.39 is 0 Å². The van der Waals surface area contributed by atoms with Crippen molar-refractivity contribution < 1.29 is 4.42 Å². The van der Waals surface area contributed by atoms with Crippen LogP contribution in [0.5, 0.6) is 0 Å². The lowest BCUT2D eigenvalue weighted by Crippen LogP contribution is -2.49. The molecule has 164 valence electrons. The first-order valence-electron chi connectivity index (χ1n) is 11.6. The number of fused-ring (bicyclic) bond motifs is 4. The monoisotopic (exact) mass is 432 g/mol. The van der Waals surface area contributed by atoms with Gasteiger partial charge in [-0.25, -0.2) is 0 Å². The van der Waals surface area contributed by atoms with Gasteiger partial charge in [-0.15, -0.1) is 0 Å². The van der Waals surface area contributed by atoms with Crippen molar-refractivity contribution in [2.24, 2.45) is 0 Å². The van der Waals surface area contributed by atoms with E-state index in [9.17, 15) is 0 Å². The molecule has 4 aromatic carbocycles. The summed E-state index contributed by atoms with van der Waals surface area (Å²) >= 11 is 0. The molecule has 0 bridgehead atoms. The smallest absolute Gasteiger partial charge is 0.159 e. The van der Waals surface area contributed by atoms with Crippen LogP contribution in [-0.4, -0.2) is 5.66 Å². The first-order valence-corrected chi connectivity index (χ1v) is 11.6. The molecule has 3 nitrogen and oxygen atoms in total. The van der Waals surface area contributed by atoms with Crippen molar-refractivity contribution in [2.75, 3.05) is 9.80 Å². The molecule has 0 atom stereocenters. The Labute approximate surface area is 194 Å². The predicted molar refractivity (Wildman–Crippen MR) is 139 cm³/mol. The topological polar surface area (TPSA) is 19.6 Å². The van der Waals surface area contributed by atoms with Gasteiger partial charge in [-0.2, -0.15) is 0 Å². The molecule has 0 saturated heterocycles. The quantitative estimate of drug-likeness (QED) is 0.279. The summed E-state index contributed by atoms with van der Waals surface area (Å²) in [4.78, 5) is 4.96. The average Bonchev–Trinajstić information content (AvgIpc) is 3.27. The van der Waals surface area contributed by atoms with Crippen molar-refractivity contribution in [1.29, 1.82) is 0 Å². The first-order chi connectivity index (χ1) is 15.9. The number of hydrogen-bond acceptors (Lipinski definition) is 3. The summed E-state index contributed by atoms with van der Waals surface area (Å²) in [5, 5.41) is 2.32. The lowest BCUT2D eigenvalue weighted by molar-refractivity contribution is 0.535. The van der Waals surface area contributed by atoms with E-state index in [4.69, 9.17) is 4.42 Å². The Hall–Kier alpha value is -3.72. The predicted octanol–water partition coefficient (Wildman–Crippen LogP) is 8.54. The van der Waals surface area contributed by atoms with Gasteiger partial charge in [0.25, 0.3) is 0 Å². The highest BCUT2D eigenvalue weighted by Gasteiger charge is 2.46. The number of hydrogen-bond donors (Lipinski definition) is 0. The molecule has 0 unspecified atom stereocenters. The Morgan fingerprint density at radius 2 is 1.15 bits per heavy atom. The van der Waals surface area contributed by atoms with E-state index in [1.165, 1.54) is 33.8 Å². The van der Waals surface area contributed by atoms with Crippen LogP contribution in [0.2, 0.25) is 0 Å². The molecule has 1 aliphatic rings. The van der Waals surface area contributed by atoms with Crippen molar-refractivity contribution in [3.05, 3.63) is 95.6 Å². The van der Waals surface area contributed by atoms with Crippen molar-refractivity contribution in [2.45, 2.75) is 40.3 Å². The minimum atomic E-state index is -0.349. The average molecular weight is 433 g/mol. The highest BCUT2D eigenvalue weighted by molar-refractivity contribution is 6.11. The normalized spacial score (nSPS) is 14.9. The third-order valence-corrected chi connectivity index (χ3v) is 7.07. The van der Waals surface area contributed by atoms with E-state index in [1.54, 1.807) is 0 Å². The molecular weight excluding hydrogens is 404 g/mol. The molecular formula is C30H28N2O. The summed E-state index contributed by atoms with van der Waals surface area (Å²) in [6, 6.07) is 28.0. The third kappa shape index (κ3) is 2.69. The fraction of sp³-hybridized carbons (Fsp3) is 0.200. The molecule has 2 heterocycles. The molecule has 33 heavy (non-hydrogen) atoms. The molecule has 1 aliphatic heterocycles. The summed E-state index contributed by atoms with van der Waals surface area (Å²) in [5.41, 5.74) is 10.1. The van der Waals surface area contributed by atoms with Crippen LogP contribution in [0.3, 0.4) is 0 Å². The lowest BCUT2D eigenvalue weighted by atomic mass is 10.0. The van der Waals surface area contributed by atoms with E-state index in [0.29, 0.717) is 0 Å². The number of anilines is 4. The Balaban J connectivity index is 1.68. The minimum absolute atomic E-state index is 0.349. The molecule has 6 rings (SSSR count). The van der Waals surface area contributed by atoms with Crippen LogP contribution >= 0.6 is 0 Å². The maximum atomic E-state index is 6.51. The summed E-state index contributed by atoms with van der Waals surface area (Å²) in [5.74, 6) is 0. The van der Waals surface area contributed by atoms with Crippen LogP contribution in [0, 0.1) is 20.8 Å². The second kappa shape index (κ2) is 6.89. The minimum Gasteiger partial charge on any atom is -0.454 e. The Morgan fingerprint density at radius 1 is 0.576 bits per heavy atom. The van der Waals surface area contributed by atoms with Crippen LogP contribution < -0.4 is 9.80 Å². The zero-order valence-corrected chi connectivity index (χ0v) is 19.8. The third-order valence-electron chi connectivity index (χ3n) is 7.07. The summed E-state index contributed by atoms with van der Waals surface area (Å²) in [7, 11) is 0. The zero-order valence-electron chi connectivity index (χ0n) is 19.8. The van der Waals surface area contributed by atoms with E-state index >= 15 is 0 Å². The van der Waals surface area contributed by atoms with Gasteiger partial charge in [0.2, 0.25) is 0 Å². The summed E-state index contributed by atoms with van der Waals surface area (Å²) < 4.78 is 6.51. The van der Waals surface area contributed by atoms with Crippen molar-refractivity contribution in [3.63, 3.8) is 0 Å².